The van der Waals surface area contributed by atoms with Gasteiger partial charge in [-0.15, -0.1) is 11.3 Å². The van der Waals surface area contributed by atoms with Crippen molar-refractivity contribution in [2.24, 2.45) is 0 Å². The van der Waals surface area contributed by atoms with E-state index in [2.05, 4.69) is 20.2 Å². The van der Waals surface area contributed by atoms with Crippen LogP contribution in [0.2, 0.25) is 0 Å². The summed E-state index contributed by atoms with van der Waals surface area (Å²) >= 11 is 1.40. The van der Waals surface area contributed by atoms with Crippen molar-refractivity contribution in [3.63, 3.8) is 0 Å². The lowest BCUT2D eigenvalue weighted by Crippen LogP contribution is -2.18. The van der Waals surface area contributed by atoms with Gasteiger partial charge < -0.3 is 15.0 Å². The number of nitrogens with one attached hydrogen (secondary N) is 1. The minimum absolute atomic E-state index is 0.303. The zero-order valence-electron chi connectivity index (χ0n) is 16.6. The highest BCUT2D eigenvalue weighted by Gasteiger charge is 2.16. The molecule has 3 aromatic rings. The topological polar surface area (TPSA) is 84.4 Å². The van der Waals surface area contributed by atoms with E-state index in [4.69, 9.17) is 4.74 Å². The van der Waals surface area contributed by atoms with Crippen LogP contribution in [0.1, 0.15) is 40.6 Å². The summed E-state index contributed by atoms with van der Waals surface area (Å²) in [7, 11) is 0. The van der Waals surface area contributed by atoms with Gasteiger partial charge in [0, 0.05) is 35.9 Å². The van der Waals surface area contributed by atoms with Crippen LogP contribution in [0.4, 0.5) is 11.5 Å². The van der Waals surface area contributed by atoms with Gasteiger partial charge in [-0.3, -0.25) is 4.79 Å². The van der Waals surface area contributed by atoms with Gasteiger partial charge in [0.15, 0.2) is 0 Å². The molecule has 1 aliphatic heterocycles. The second kappa shape index (κ2) is 9.04. The minimum atomic E-state index is -0.385. The maximum atomic E-state index is 12.5. The van der Waals surface area contributed by atoms with Gasteiger partial charge in [0.2, 0.25) is 0 Å². The average Bonchev–Trinajstić information content (AvgIpc) is 3.47. The molecule has 0 bridgehead atoms. The van der Waals surface area contributed by atoms with E-state index >= 15 is 0 Å². The SMILES string of the molecule is CCOC(=O)c1ccc(NC(=O)c2csc(-c3ccc(N4CCCC4)nc3)n2)cc1. The van der Waals surface area contributed by atoms with Crippen molar-refractivity contribution in [1.82, 2.24) is 9.97 Å². The maximum absolute atomic E-state index is 12.5. The molecule has 1 fully saturated rings. The quantitative estimate of drug-likeness (QED) is 0.599. The summed E-state index contributed by atoms with van der Waals surface area (Å²) in [6.45, 7) is 4.18. The average molecular weight is 423 g/mol. The molecule has 1 saturated heterocycles. The largest absolute Gasteiger partial charge is 0.462 e. The number of hydrogen-bond donors (Lipinski definition) is 1. The number of nitrogens with zero attached hydrogens (tertiary/aromatic N) is 3. The standard InChI is InChI=1S/C22H22N4O3S/c1-2-29-22(28)15-5-8-17(9-6-15)24-20(27)18-14-30-21(25-18)16-7-10-19(23-13-16)26-11-3-4-12-26/h5-10,13-14H,2-4,11-12H2,1H3,(H,24,27). The highest BCUT2D eigenvalue weighted by molar-refractivity contribution is 7.13. The van der Waals surface area contributed by atoms with Crippen molar-refractivity contribution in [2.45, 2.75) is 19.8 Å². The summed E-state index contributed by atoms with van der Waals surface area (Å²) in [6.07, 6.45) is 4.22. The number of aromatic nitrogens is 2. The number of anilines is 2. The Bertz CT molecular complexity index is 1030. The number of rotatable bonds is 6. The molecule has 30 heavy (non-hydrogen) atoms. The van der Waals surface area contributed by atoms with Crippen LogP contribution in [0, 0.1) is 0 Å². The van der Waals surface area contributed by atoms with Crippen LogP contribution < -0.4 is 10.2 Å². The van der Waals surface area contributed by atoms with E-state index in [0.29, 0.717) is 23.6 Å². The molecular formula is C22H22N4O3S. The molecule has 7 nitrogen and oxygen atoms in total. The van der Waals surface area contributed by atoms with E-state index < -0.39 is 0 Å². The normalized spacial score (nSPS) is 13.3. The molecule has 0 unspecified atom stereocenters. The van der Waals surface area contributed by atoms with E-state index in [1.54, 1.807) is 36.6 Å². The van der Waals surface area contributed by atoms with Crippen molar-refractivity contribution < 1.29 is 14.3 Å². The number of amides is 1. The van der Waals surface area contributed by atoms with Crippen molar-refractivity contribution in [3.8, 4) is 10.6 Å². The maximum Gasteiger partial charge on any atom is 0.338 e. The molecule has 1 aliphatic rings. The van der Waals surface area contributed by atoms with Crippen LogP contribution in [-0.2, 0) is 4.74 Å². The molecular weight excluding hydrogens is 400 g/mol. The Kier molecular flexibility index (Phi) is 6.04. The number of carbonyl (C=O) groups excluding carboxylic acids is 2. The van der Waals surface area contributed by atoms with Crippen LogP contribution in [0.3, 0.4) is 0 Å². The number of ether oxygens (including phenoxy) is 1. The highest BCUT2D eigenvalue weighted by Crippen LogP contribution is 2.26. The van der Waals surface area contributed by atoms with Gasteiger partial charge >= 0.3 is 5.97 Å². The first-order chi connectivity index (χ1) is 14.6. The minimum Gasteiger partial charge on any atom is -0.462 e. The molecule has 0 spiro atoms. The molecule has 2 aromatic heterocycles. The summed E-state index contributed by atoms with van der Waals surface area (Å²) in [4.78, 5) is 35.5. The monoisotopic (exact) mass is 422 g/mol. The molecule has 3 heterocycles. The van der Waals surface area contributed by atoms with Gasteiger partial charge in [-0.1, -0.05) is 0 Å². The van der Waals surface area contributed by atoms with Gasteiger partial charge in [0.1, 0.15) is 16.5 Å². The molecule has 1 N–H and O–H groups in total. The number of hydrogen-bond acceptors (Lipinski definition) is 7. The Balaban J connectivity index is 1.40. The smallest absolute Gasteiger partial charge is 0.338 e. The van der Waals surface area contributed by atoms with Crippen molar-refractivity contribution in [3.05, 3.63) is 59.2 Å². The first-order valence-electron chi connectivity index (χ1n) is 9.89. The fraction of sp³-hybridized carbons (Fsp3) is 0.273. The second-order valence-corrected chi connectivity index (χ2v) is 7.75. The second-order valence-electron chi connectivity index (χ2n) is 6.89. The molecule has 4 rings (SSSR count). The first kappa shape index (κ1) is 20.0. The van der Waals surface area contributed by atoms with Gasteiger partial charge in [-0.25, -0.2) is 14.8 Å². The lowest BCUT2D eigenvalue weighted by molar-refractivity contribution is 0.0526. The summed E-state index contributed by atoms with van der Waals surface area (Å²) < 4.78 is 4.96. The van der Waals surface area contributed by atoms with Gasteiger partial charge in [0.05, 0.1) is 12.2 Å². The Morgan fingerprint density at radius 2 is 1.90 bits per heavy atom. The third kappa shape index (κ3) is 4.49. The number of esters is 1. The molecule has 1 amide bonds. The Morgan fingerprint density at radius 3 is 2.57 bits per heavy atom. The number of carbonyl (C=O) groups is 2. The third-order valence-corrected chi connectivity index (χ3v) is 5.71. The Hall–Kier alpha value is -3.26. The van der Waals surface area contributed by atoms with Crippen molar-refractivity contribution in [2.75, 3.05) is 29.9 Å². The Labute approximate surface area is 178 Å². The summed E-state index contributed by atoms with van der Waals surface area (Å²) in [5.74, 6) is 0.295. The van der Waals surface area contributed by atoms with Gasteiger partial charge in [0.25, 0.3) is 5.91 Å². The summed E-state index contributed by atoms with van der Waals surface area (Å²) in [5.41, 5.74) is 2.25. The highest BCUT2D eigenvalue weighted by atomic mass is 32.1. The number of thiazole rings is 1. The molecule has 8 heteroatoms. The Morgan fingerprint density at radius 1 is 1.13 bits per heavy atom. The number of benzene rings is 1. The predicted molar refractivity (Wildman–Crippen MR) is 117 cm³/mol. The molecule has 0 atom stereocenters. The summed E-state index contributed by atoms with van der Waals surface area (Å²) in [5, 5.41) is 5.27. The van der Waals surface area contributed by atoms with E-state index in [9.17, 15) is 9.59 Å². The van der Waals surface area contributed by atoms with E-state index in [1.165, 1.54) is 24.2 Å². The van der Waals surface area contributed by atoms with Crippen molar-refractivity contribution in [1.29, 1.82) is 0 Å². The zero-order chi connectivity index (χ0) is 20.9. The van der Waals surface area contributed by atoms with Crippen LogP contribution in [0.25, 0.3) is 10.6 Å². The van der Waals surface area contributed by atoms with Crippen LogP contribution in [-0.4, -0.2) is 41.5 Å². The molecule has 1 aromatic carbocycles. The lowest BCUT2D eigenvalue weighted by Gasteiger charge is -2.15. The first-order valence-corrected chi connectivity index (χ1v) is 10.8. The number of pyridine rings is 1. The molecule has 0 radical (unpaired) electrons. The zero-order valence-corrected chi connectivity index (χ0v) is 17.4. The van der Waals surface area contributed by atoms with Crippen LogP contribution >= 0.6 is 11.3 Å². The van der Waals surface area contributed by atoms with Gasteiger partial charge in [-0.2, -0.15) is 0 Å². The molecule has 154 valence electrons. The van der Waals surface area contributed by atoms with Crippen molar-refractivity contribution >= 4 is 34.7 Å². The van der Waals surface area contributed by atoms with E-state index in [0.717, 1.165) is 29.5 Å². The fourth-order valence-electron chi connectivity index (χ4n) is 3.26. The third-order valence-electron chi connectivity index (χ3n) is 4.82. The van der Waals surface area contributed by atoms with Crippen LogP contribution in [0.15, 0.2) is 48.0 Å². The lowest BCUT2D eigenvalue weighted by atomic mass is 10.2. The fourth-order valence-corrected chi connectivity index (χ4v) is 4.05. The molecule has 0 aliphatic carbocycles. The van der Waals surface area contributed by atoms with E-state index in [1.807, 2.05) is 18.3 Å². The van der Waals surface area contributed by atoms with Crippen LogP contribution in [0.5, 0.6) is 0 Å². The predicted octanol–water partition coefficient (Wildman–Crippen LogP) is 4.23. The van der Waals surface area contributed by atoms with Gasteiger partial charge in [-0.05, 0) is 56.2 Å². The van der Waals surface area contributed by atoms with E-state index in [-0.39, 0.29) is 11.9 Å². The molecule has 0 saturated carbocycles. The summed E-state index contributed by atoms with van der Waals surface area (Å²) in [6, 6.07) is 10.6.